The van der Waals surface area contributed by atoms with Crippen molar-refractivity contribution in [3.05, 3.63) is 83.9 Å². The molecule has 0 spiro atoms. The van der Waals surface area contributed by atoms with Crippen LogP contribution >= 0.6 is 12.2 Å². The first-order chi connectivity index (χ1) is 16.6. The van der Waals surface area contributed by atoms with Crippen molar-refractivity contribution in [1.29, 1.82) is 0 Å². The first-order valence-corrected chi connectivity index (χ1v) is 12.5. The molecule has 5 rings (SSSR count). The SMILES string of the molecule is Cc1ccccc1NC(=O)CCN1C(=S)N[C@@H](c2ccccn2)[C@@H]1c1cccn1C1CCCC1. The summed E-state index contributed by atoms with van der Waals surface area (Å²) in [6.07, 6.45) is 9.34. The van der Waals surface area contributed by atoms with Crippen LogP contribution in [-0.2, 0) is 4.79 Å². The molecular formula is C27H31N5OS. The first kappa shape index (κ1) is 22.6. The molecule has 2 aromatic heterocycles. The Morgan fingerprint density at radius 1 is 1.12 bits per heavy atom. The van der Waals surface area contributed by atoms with E-state index in [2.05, 4.69) is 43.4 Å². The fraction of sp³-hybridized carbons (Fsp3) is 0.370. The van der Waals surface area contributed by atoms with E-state index in [4.69, 9.17) is 12.2 Å². The minimum Gasteiger partial charge on any atom is -0.352 e. The molecule has 0 bridgehead atoms. The molecule has 1 amide bonds. The van der Waals surface area contributed by atoms with E-state index in [1.165, 1.54) is 31.4 Å². The van der Waals surface area contributed by atoms with E-state index in [0.29, 0.717) is 24.1 Å². The summed E-state index contributed by atoms with van der Waals surface area (Å²) in [7, 11) is 0. The van der Waals surface area contributed by atoms with Crippen LogP contribution in [0.4, 0.5) is 5.69 Å². The third-order valence-electron chi connectivity index (χ3n) is 7.03. The molecule has 0 radical (unpaired) electrons. The molecule has 34 heavy (non-hydrogen) atoms. The Morgan fingerprint density at radius 3 is 2.68 bits per heavy atom. The number of carbonyl (C=O) groups excluding carboxylic acids is 1. The zero-order chi connectivity index (χ0) is 23.5. The summed E-state index contributed by atoms with van der Waals surface area (Å²) >= 11 is 5.80. The number of nitrogens with zero attached hydrogens (tertiary/aromatic N) is 3. The molecule has 1 aromatic carbocycles. The summed E-state index contributed by atoms with van der Waals surface area (Å²) < 4.78 is 2.43. The first-order valence-electron chi connectivity index (χ1n) is 12.1. The van der Waals surface area contributed by atoms with Crippen LogP contribution in [-0.4, -0.2) is 32.0 Å². The largest absolute Gasteiger partial charge is 0.352 e. The van der Waals surface area contributed by atoms with E-state index in [1.54, 1.807) is 0 Å². The van der Waals surface area contributed by atoms with Crippen LogP contribution in [0.5, 0.6) is 0 Å². The Kier molecular flexibility index (Phi) is 6.63. The normalized spacial score (nSPS) is 20.5. The molecule has 2 fully saturated rings. The number of amides is 1. The number of nitrogens with one attached hydrogen (secondary N) is 2. The molecule has 2 N–H and O–H groups in total. The van der Waals surface area contributed by atoms with Gasteiger partial charge in [-0.2, -0.15) is 0 Å². The summed E-state index contributed by atoms with van der Waals surface area (Å²) in [5.74, 6) is -0.0108. The topological polar surface area (TPSA) is 62.2 Å². The summed E-state index contributed by atoms with van der Waals surface area (Å²) in [6.45, 7) is 2.53. The van der Waals surface area contributed by atoms with Gasteiger partial charge in [-0.1, -0.05) is 37.1 Å². The minimum atomic E-state index is -0.0665. The highest BCUT2D eigenvalue weighted by Crippen LogP contribution is 2.41. The van der Waals surface area contributed by atoms with Crippen molar-refractivity contribution in [3.8, 4) is 0 Å². The number of pyridine rings is 1. The number of carbonyl (C=O) groups is 1. The highest BCUT2D eigenvalue weighted by Gasteiger charge is 2.41. The third kappa shape index (κ3) is 4.57. The number of aryl methyl sites for hydroxylation is 1. The van der Waals surface area contributed by atoms with Crippen molar-refractivity contribution in [2.75, 3.05) is 11.9 Å². The molecule has 6 nitrogen and oxygen atoms in total. The lowest BCUT2D eigenvalue weighted by molar-refractivity contribution is -0.116. The van der Waals surface area contributed by atoms with Crippen molar-refractivity contribution in [1.82, 2.24) is 19.8 Å². The number of thiocarbonyl (C=S) groups is 1. The van der Waals surface area contributed by atoms with Gasteiger partial charge in [-0.05, 0) is 67.9 Å². The van der Waals surface area contributed by atoms with E-state index in [9.17, 15) is 4.79 Å². The number of anilines is 1. The molecule has 2 aliphatic rings. The molecule has 0 unspecified atom stereocenters. The Labute approximate surface area is 206 Å². The van der Waals surface area contributed by atoms with Gasteiger partial charge in [-0.15, -0.1) is 0 Å². The second-order valence-corrected chi connectivity index (χ2v) is 9.60. The van der Waals surface area contributed by atoms with Crippen LogP contribution in [0.3, 0.4) is 0 Å². The summed E-state index contributed by atoms with van der Waals surface area (Å²) in [5, 5.41) is 7.23. The van der Waals surface area contributed by atoms with Gasteiger partial charge >= 0.3 is 0 Å². The third-order valence-corrected chi connectivity index (χ3v) is 7.38. The lowest BCUT2D eigenvalue weighted by Gasteiger charge is -2.30. The number of hydrogen-bond donors (Lipinski definition) is 2. The average Bonchev–Trinajstić information content (AvgIpc) is 3.59. The zero-order valence-corrected chi connectivity index (χ0v) is 20.3. The number of aromatic nitrogens is 2. The van der Waals surface area contributed by atoms with Gasteiger partial charge in [0.1, 0.15) is 0 Å². The number of hydrogen-bond acceptors (Lipinski definition) is 3. The van der Waals surface area contributed by atoms with Crippen molar-refractivity contribution in [2.45, 2.75) is 57.2 Å². The predicted octanol–water partition coefficient (Wildman–Crippen LogP) is 5.31. The maximum absolute atomic E-state index is 12.8. The highest BCUT2D eigenvalue weighted by atomic mass is 32.1. The van der Waals surface area contributed by atoms with Crippen molar-refractivity contribution in [3.63, 3.8) is 0 Å². The lowest BCUT2D eigenvalue weighted by Crippen LogP contribution is -2.33. The maximum Gasteiger partial charge on any atom is 0.226 e. The molecule has 1 aliphatic carbocycles. The van der Waals surface area contributed by atoms with Gasteiger partial charge < -0.3 is 20.1 Å². The molecule has 1 saturated carbocycles. The Bertz CT molecular complexity index is 1150. The fourth-order valence-corrected chi connectivity index (χ4v) is 5.62. The standard InChI is InChI=1S/C27H31N5OS/c1-19-9-2-5-12-21(19)29-24(33)15-18-32-26(23-14-8-17-31(23)20-10-3-4-11-20)25(30-27(32)34)22-13-6-7-16-28-22/h2,5-9,12-14,16-17,20,25-26H,3-4,10-11,15,18H2,1H3,(H,29,33)(H,30,34)/t25-,26-/m0/s1. The molecule has 3 heterocycles. The quantitative estimate of drug-likeness (QED) is 0.456. The monoisotopic (exact) mass is 473 g/mol. The lowest BCUT2D eigenvalue weighted by atomic mass is 10.0. The van der Waals surface area contributed by atoms with Gasteiger partial charge in [0.2, 0.25) is 5.91 Å². The van der Waals surface area contributed by atoms with Crippen molar-refractivity contribution >= 4 is 28.9 Å². The minimum absolute atomic E-state index is 0.0108. The predicted molar refractivity (Wildman–Crippen MR) is 139 cm³/mol. The molecule has 176 valence electrons. The van der Waals surface area contributed by atoms with Gasteiger partial charge in [-0.25, -0.2) is 0 Å². The van der Waals surface area contributed by atoms with Crippen LogP contribution in [0.25, 0.3) is 0 Å². The second-order valence-electron chi connectivity index (χ2n) is 9.21. The molecule has 1 saturated heterocycles. The molecule has 1 aliphatic heterocycles. The second kappa shape index (κ2) is 9.97. The number of para-hydroxylation sites is 1. The molecule has 3 aromatic rings. The van der Waals surface area contributed by atoms with E-state index in [1.807, 2.05) is 55.6 Å². The summed E-state index contributed by atoms with van der Waals surface area (Å²) in [6, 6.07) is 18.6. The van der Waals surface area contributed by atoms with Crippen molar-refractivity contribution < 1.29 is 4.79 Å². The molecule has 7 heteroatoms. The van der Waals surface area contributed by atoms with Crippen LogP contribution in [0.15, 0.2) is 67.0 Å². The van der Waals surface area contributed by atoms with Crippen LogP contribution in [0.1, 0.15) is 67.2 Å². The molecule has 2 atom stereocenters. The van der Waals surface area contributed by atoms with Gasteiger partial charge in [0.05, 0.1) is 17.8 Å². The van der Waals surface area contributed by atoms with Gasteiger partial charge in [-0.3, -0.25) is 9.78 Å². The average molecular weight is 474 g/mol. The maximum atomic E-state index is 12.8. The van der Waals surface area contributed by atoms with E-state index in [0.717, 1.165) is 16.9 Å². The summed E-state index contributed by atoms with van der Waals surface area (Å²) in [5.41, 5.74) is 4.10. The molecular weight excluding hydrogens is 442 g/mol. The van der Waals surface area contributed by atoms with Gasteiger partial charge in [0.15, 0.2) is 5.11 Å². The zero-order valence-electron chi connectivity index (χ0n) is 19.5. The van der Waals surface area contributed by atoms with Gasteiger partial charge in [0, 0.05) is 42.8 Å². The smallest absolute Gasteiger partial charge is 0.226 e. The Morgan fingerprint density at radius 2 is 1.91 bits per heavy atom. The van der Waals surface area contributed by atoms with E-state index >= 15 is 0 Å². The number of benzene rings is 1. The van der Waals surface area contributed by atoms with E-state index in [-0.39, 0.29) is 18.0 Å². The highest BCUT2D eigenvalue weighted by molar-refractivity contribution is 7.80. The van der Waals surface area contributed by atoms with Crippen LogP contribution in [0, 0.1) is 6.92 Å². The summed E-state index contributed by atoms with van der Waals surface area (Å²) in [4.78, 5) is 19.6. The Hall–Kier alpha value is -3.19. The number of rotatable bonds is 7. The Balaban J connectivity index is 1.40. The van der Waals surface area contributed by atoms with E-state index < -0.39 is 0 Å². The van der Waals surface area contributed by atoms with Gasteiger partial charge in [0.25, 0.3) is 0 Å². The van der Waals surface area contributed by atoms with Crippen molar-refractivity contribution in [2.24, 2.45) is 0 Å². The fourth-order valence-electron chi connectivity index (χ4n) is 5.29. The van der Waals surface area contributed by atoms with Crippen LogP contribution < -0.4 is 10.6 Å². The van der Waals surface area contributed by atoms with Crippen LogP contribution in [0.2, 0.25) is 0 Å².